The molecule has 1 N–H and O–H groups in total. The molecule has 1 fully saturated rings. The van der Waals surface area contributed by atoms with Crippen LogP contribution in [0.2, 0.25) is 0 Å². The molecule has 0 bridgehead atoms. The van der Waals surface area contributed by atoms with Crippen LogP contribution in [0.1, 0.15) is 69.7 Å². The first-order chi connectivity index (χ1) is 15.4. The van der Waals surface area contributed by atoms with Crippen molar-refractivity contribution in [3.63, 3.8) is 0 Å². The van der Waals surface area contributed by atoms with Crippen molar-refractivity contribution in [2.45, 2.75) is 96.0 Å². The van der Waals surface area contributed by atoms with Gasteiger partial charge in [0, 0.05) is 17.5 Å². The van der Waals surface area contributed by atoms with Gasteiger partial charge in [-0.25, -0.2) is 4.98 Å². The quantitative estimate of drug-likeness (QED) is 0.424. The molecule has 176 valence electrons. The van der Waals surface area contributed by atoms with Gasteiger partial charge in [-0.3, -0.25) is 14.2 Å². The Labute approximate surface area is 198 Å². The van der Waals surface area contributed by atoms with Gasteiger partial charge >= 0.3 is 0 Å². The zero-order valence-electron chi connectivity index (χ0n) is 19.4. The summed E-state index contributed by atoms with van der Waals surface area (Å²) >= 11 is 3.03. The fourth-order valence-corrected chi connectivity index (χ4v) is 6.71. The number of ether oxygens (including phenoxy) is 1. The van der Waals surface area contributed by atoms with Crippen molar-refractivity contribution in [2.75, 3.05) is 12.4 Å². The maximum atomic E-state index is 13.6. The number of hydrogen-bond acceptors (Lipinski definition) is 6. The smallest absolute Gasteiger partial charge is 0.263 e. The molecule has 2 aromatic heterocycles. The van der Waals surface area contributed by atoms with E-state index in [4.69, 9.17) is 9.72 Å². The normalized spacial score (nSPS) is 19.4. The number of nitrogens with zero attached hydrogens (tertiary/aromatic N) is 2. The molecular formula is C24H35N3O3S2. The summed E-state index contributed by atoms with van der Waals surface area (Å²) in [5.41, 5.74) is 1.25. The lowest BCUT2D eigenvalue weighted by Crippen LogP contribution is -2.34. The fraction of sp³-hybridized carbons (Fsp3) is 0.708. The first-order valence-corrected chi connectivity index (χ1v) is 13.8. The molecule has 8 heteroatoms. The minimum absolute atomic E-state index is 0.00487. The lowest BCUT2D eigenvalue weighted by molar-refractivity contribution is -0.119. The molecule has 0 unspecified atom stereocenters. The molecule has 1 saturated heterocycles. The Morgan fingerprint density at radius 1 is 1.25 bits per heavy atom. The molecule has 1 amide bonds. The number of amides is 1. The van der Waals surface area contributed by atoms with E-state index in [1.165, 1.54) is 28.6 Å². The van der Waals surface area contributed by atoms with E-state index in [-0.39, 0.29) is 29.4 Å². The summed E-state index contributed by atoms with van der Waals surface area (Å²) in [6.45, 7) is 7.71. The van der Waals surface area contributed by atoms with Gasteiger partial charge in [-0.05, 0) is 69.8 Å². The molecule has 6 nitrogen and oxygen atoms in total. The molecule has 2 aromatic rings. The standard InChI is InChI=1S/C24H35N3O3S2/c1-15(2)10-11-16(3)25-20(28)14-31-24-26-22-21(18-8-4-5-9-19(18)32-22)23(29)27(24)13-17-7-6-12-30-17/h15-17H,4-14H2,1-3H3,(H,25,28)/t16-,17-/m1/s1. The van der Waals surface area contributed by atoms with E-state index >= 15 is 0 Å². The van der Waals surface area contributed by atoms with Crippen LogP contribution >= 0.6 is 23.1 Å². The van der Waals surface area contributed by atoms with Crippen LogP contribution in [0.4, 0.5) is 0 Å². The summed E-state index contributed by atoms with van der Waals surface area (Å²) in [4.78, 5) is 33.2. The van der Waals surface area contributed by atoms with Crippen LogP contribution in [0.3, 0.4) is 0 Å². The zero-order chi connectivity index (χ0) is 22.7. The molecule has 0 radical (unpaired) electrons. The summed E-state index contributed by atoms with van der Waals surface area (Å²) in [6.07, 6.45) is 8.43. The lowest BCUT2D eigenvalue weighted by Gasteiger charge is -2.17. The third-order valence-corrected chi connectivity index (χ3v) is 8.53. The molecular weight excluding hydrogens is 442 g/mol. The first kappa shape index (κ1) is 23.8. The third kappa shape index (κ3) is 5.57. The number of aromatic nitrogens is 2. The van der Waals surface area contributed by atoms with Crippen LogP contribution in [0.15, 0.2) is 9.95 Å². The number of hydrogen-bond donors (Lipinski definition) is 1. The van der Waals surface area contributed by atoms with Crippen LogP contribution < -0.4 is 10.9 Å². The molecule has 2 atom stereocenters. The topological polar surface area (TPSA) is 73.2 Å². The van der Waals surface area contributed by atoms with Crippen molar-refractivity contribution in [1.82, 2.24) is 14.9 Å². The van der Waals surface area contributed by atoms with Crippen LogP contribution in [0, 0.1) is 5.92 Å². The molecule has 1 aliphatic heterocycles. The second-order valence-corrected chi connectivity index (χ2v) is 11.6. The number of carbonyl (C=O) groups excluding carboxylic acids is 1. The zero-order valence-corrected chi connectivity index (χ0v) is 21.1. The SMILES string of the molecule is CC(C)CC[C@@H](C)NC(=O)CSc1nc2sc3c(c2c(=O)n1C[C@H]1CCCO1)CCCC3. The Balaban J connectivity index is 1.55. The summed E-state index contributed by atoms with van der Waals surface area (Å²) < 4.78 is 7.60. The van der Waals surface area contributed by atoms with Gasteiger partial charge in [0.1, 0.15) is 4.83 Å². The molecule has 0 aromatic carbocycles. The van der Waals surface area contributed by atoms with E-state index in [0.717, 1.165) is 61.8 Å². The summed E-state index contributed by atoms with van der Waals surface area (Å²) in [5.74, 6) is 0.888. The van der Waals surface area contributed by atoms with E-state index in [2.05, 4.69) is 26.1 Å². The van der Waals surface area contributed by atoms with E-state index in [9.17, 15) is 9.59 Å². The Bertz CT molecular complexity index is 1010. The Hall–Kier alpha value is -1.38. The van der Waals surface area contributed by atoms with Crippen molar-refractivity contribution < 1.29 is 9.53 Å². The van der Waals surface area contributed by atoms with Gasteiger partial charge in [0.05, 0.1) is 23.8 Å². The molecule has 4 rings (SSSR count). The van der Waals surface area contributed by atoms with E-state index in [0.29, 0.717) is 17.6 Å². The van der Waals surface area contributed by atoms with Gasteiger partial charge in [-0.15, -0.1) is 11.3 Å². The maximum absolute atomic E-state index is 13.6. The number of aryl methyl sites for hydroxylation is 2. The largest absolute Gasteiger partial charge is 0.376 e. The van der Waals surface area contributed by atoms with E-state index < -0.39 is 0 Å². The molecule has 2 aliphatic rings. The number of thioether (sulfide) groups is 1. The number of fused-ring (bicyclic) bond motifs is 3. The average molecular weight is 478 g/mol. The number of nitrogens with one attached hydrogen (secondary N) is 1. The number of carbonyl (C=O) groups is 1. The summed E-state index contributed by atoms with van der Waals surface area (Å²) in [7, 11) is 0. The third-order valence-electron chi connectivity index (χ3n) is 6.37. The van der Waals surface area contributed by atoms with E-state index in [1.54, 1.807) is 15.9 Å². The van der Waals surface area contributed by atoms with Gasteiger partial charge < -0.3 is 10.1 Å². The maximum Gasteiger partial charge on any atom is 0.263 e. The average Bonchev–Trinajstić information content (AvgIpc) is 3.40. The van der Waals surface area contributed by atoms with Gasteiger partial charge in [0.15, 0.2) is 5.16 Å². The highest BCUT2D eigenvalue weighted by Gasteiger charge is 2.25. The highest BCUT2D eigenvalue weighted by atomic mass is 32.2. The van der Waals surface area contributed by atoms with Crippen molar-refractivity contribution in [3.8, 4) is 0 Å². The Morgan fingerprint density at radius 2 is 2.06 bits per heavy atom. The van der Waals surface area contributed by atoms with Gasteiger partial charge in [-0.1, -0.05) is 25.6 Å². The Morgan fingerprint density at radius 3 is 2.81 bits per heavy atom. The minimum Gasteiger partial charge on any atom is -0.376 e. The molecule has 1 aliphatic carbocycles. The minimum atomic E-state index is -0.00487. The number of rotatable bonds is 9. The van der Waals surface area contributed by atoms with Crippen LogP contribution in [0.5, 0.6) is 0 Å². The van der Waals surface area contributed by atoms with Crippen molar-refractivity contribution in [1.29, 1.82) is 0 Å². The number of thiophene rings is 1. The van der Waals surface area contributed by atoms with Crippen LogP contribution in [-0.4, -0.2) is 40.0 Å². The predicted octanol–water partition coefficient (Wildman–Crippen LogP) is 4.55. The monoisotopic (exact) mass is 477 g/mol. The molecule has 3 heterocycles. The fourth-order valence-electron chi connectivity index (χ4n) is 4.59. The summed E-state index contributed by atoms with van der Waals surface area (Å²) in [6, 6.07) is 0.152. The molecule has 32 heavy (non-hydrogen) atoms. The Kier molecular flexibility index (Phi) is 7.95. The second kappa shape index (κ2) is 10.7. The predicted molar refractivity (Wildman–Crippen MR) is 132 cm³/mol. The van der Waals surface area contributed by atoms with Gasteiger partial charge in [0.2, 0.25) is 5.91 Å². The molecule has 0 spiro atoms. The second-order valence-electron chi connectivity index (χ2n) is 9.56. The van der Waals surface area contributed by atoms with Crippen LogP contribution in [0.25, 0.3) is 10.2 Å². The highest BCUT2D eigenvalue weighted by Crippen LogP contribution is 2.35. The van der Waals surface area contributed by atoms with Crippen molar-refractivity contribution in [3.05, 3.63) is 20.8 Å². The van der Waals surface area contributed by atoms with Crippen LogP contribution in [-0.2, 0) is 28.9 Å². The van der Waals surface area contributed by atoms with Gasteiger partial charge in [0.25, 0.3) is 5.56 Å². The molecule has 0 saturated carbocycles. The van der Waals surface area contributed by atoms with Crippen molar-refractivity contribution in [2.24, 2.45) is 5.92 Å². The first-order valence-electron chi connectivity index (χ1n) is 12.0. The van der Waals surface area contributed by atoms with E-state index in [1.807, 2.05) is 0 Å². The lowest BCUT2D eigenvalue weighted by atomic mass is 9.97. The highest BCUT2D eigenvalue weighted by molar-refractivity contribution is 7.99. The summed E-state index contributed by atoms with van der Waals surface area (Å²) in [5, 5.41) is 4.54. The van der Waals surface area contributed by atoms with Crippen molar-refractivity contribution >= 4 is 39.2 Å². The van der Waals surface area contributed by atoms with Gasteiger partial charge in [-0.2, -0.15) is 0 Å².